The van der Waals surface area contributed by atoms with Crippen molar-refractivity contribution >= 4 is 22.7 Å². The van der Waals surface area contributed by atoms with E-state index in [-0.39, 0.29) is 0 Å². The van der Waals surface area contributed by atoms with Crippen LogP contribution >= 0.6 is 22.7 Å². The van der Waals surface area contributed by atoms with E-state index in [1.165, 1.54) is 25.1 Å². The summed E-state index contributed by atoms with van der Waals surface area (Å²) in [5.41, 5.74) is 1.41. The molecule has 0 aromatic carbocycles. The molecule has 0 aliphatic heterocycles. The van der Waals surface area contributed by atoms with Gasteiger partial charge < -0.3 is 5.32 Å². The SMILES string of the molecule is CCc1ccc(C(C)NCc2cc(C)c(C)s2)s1. The summed E-state index contributed by atoms with van der Waals surface area (Å²) < 4.78 is 0. The molecule has 0 saturated carbocycles. The summed E-state index contributed by atoms with van der Waals surface area (Å²) in [5.74, 6) is 0. The molecule has 1 unspecified atom stereocenters. The Hall–Kier alpha value is -0.640. The largest absolute Gasteiger partial charge is 0.305 e. The predicted octanol–water partition coefficient (Wildman–Crippen LogP) is 4.84. The molecule has 0 fully saturated rings. The Kier molecular flexibility index (Phi) is 4.60. The summed E-state index contributed by atoms with van der Waals surface area (Å²) >= 11 is 3.83. The fourth-order valence-electron chi connectivity index (χ4n) is 1.91. The molecule has 18 heavy (non-hydrogen) atoms. The Bertz CT molecular complexity index is 491. The molecule has 0 spiro atoms. The molecule has 2 rings (SSSR count). The third kappa shape index (κ3) is 3.22. The molecule has 1 nitrogen and oxygen atoms in total. The van der Waals surface area contributed by atoms with Crippen LogP contribution in [0.1, 0.15) is 45.0 Å². The second-order valence-corrected chi connectivity index (χ2v) is 7.25. The first-order valence-corrected chi connectivity index (χ1v) is 8.11. The van der Waals surface area contributed by atoms with Gasteiger partial charge in [-0.15, -0.1) is 22.7 Å². The average molecular weight is 279 g/mol. The third-order valence-electron chi connectivity index (χ3n) is 3.26. The van der Waals surface area contributed by atoms with Crippen LogP contribution in [-0.2, 0) is 13.0 Å². The zero-order valence-electron chi connectivity index (χ0n) is 11.5. The molecular formula is C15H21NS2. The van der Waals surface area contributed by atoms with Crippen molar-refractivity contribution in [3.05, 3.63) is 43.3 Å². The van der Waals surface area contributed by atoms with Gasteiger partial charge in [0, 0.05) is 32.1 Å². The van der Waals surface area contributed by atoms with E-state index in [1.54, 1.807) is 0 Å². The van der Waals surface area contributed by atoms with Crippen LogP contribution in [0.5, 0.6) is 0 Å². The highest BCUT2D eigenvalue weighted by atomic mass is 32.1. The zero-order chi connectivity index (χ0) is 13.1. The smallest absolute Gasteiger partial charge is 0.0389 e. The Morgan fingerprint density at radius 3 is 2.50 bits per heavy atom. The Morgan fingerprint density at radius 2 is 1.94 bits per heavy atom. The summed E-state index contributed by atoms with van der Waals surface area (Å²) in [7, 11) is 0. The van der Waals surface area contributed by atoms with Gasteiger partial charge in [0.2, 0.25) is 0 Å². The first-order chi connectivity index (χ1) is 8.60. The van der Waals surface area contributed by atoms with Gasteiger partial charge in [-0.1, -0.05) is 6.92 Å². The predicted molar refractivity (Wildman–Crippen MR) is 82.7 cm³/mol. The van der Waals surface area contributed by atoms with Gasteiger partial charge in [-0.05, 0) is 51.0 Å². The molecule has 1 atom stereocenters. The van der Waals surface area contributed by atoms with Crippen molar-refractivity contribution in [2.45, 2.75) is 46.7 Å². The monoisotopic (exact) mass is 279 g/mol. The van der Waals surface area contributed by atoms with Crippen molar-refractivity contribution in [1.82, 2.24) is 5.32 Å². The van der Waals surface area contributed by atoms with Gasteiger partial charge in [0.05, 0.1) is 0 Å². The molecule has 0 aliphatic carbocycles. The van der Waals surface area contributed by atoms with Crippen LogP contribution in [0.3, 0.4) is 0 Å². The summed E-state index contributed by atoms with van der Waals surface area (Å²) in [6.45, 7) is 9.81. The number of rotatable bonds is 5. The molecule has 1 N–H and O–H groups in total. The zero-order valence-corrected chi connectivity index (χ0v) is 13.2. The van der Waals surface area contributed by atoms with Crippen molar-refractivity contribution in [2.24, 2.45) is 0 Å². The van der Waals surface area contributed by atoms with Gasteiger partial charge in [-0.25, -0.2) is 0 Å². The van der Waals surface area contributed by atoms with Gasteiger partial charge in [-0.3, -0.25) is 0 Å². The van der Waals surface area contributed by atoms with Gasteiger partial charge in [0.15, 0.2) is 0 Å². The molecule has 98 valence electrons. The standard InChI is InChI=1S/C15H21NS2/c1-5-13-6-7-15(18-13)11(3)16-9-14-8-10(2)12(4)17-14/h6-8,11,16H,5,9H2,1-4H3. The molecule has 0 saturated heterocycles. The lowest BCUT2D eigenvalue weighted by molar-refractivity contribution is 0.587. The minimum Gasteiger partial charge on any atom is -0.305 e. The maximum Gasteiger partial charge on any atom is 0.0389 e. The average Bonchev–Trinajstić information content (AvgIpc) is 2.94. The highest BCUT2D eigenvalue weighted by Gasteiger charge is 2.09. The first-order valence-electron chi connectivity index (χ1n) is 6.48. The van der Waals surface area contributed by atoms with E-state index in [9.17, 15) is 0 Å². The van der Waals surface area contributed by atoms with E-state index in [1.807, 2.05) is 22.7 Å². The molecule has 0 amide bonds. The lowest BCUT2D eigenvalue weighted by Crippen LogP contribution is -2.16. The van der Waals surface area contributed by atoms with Crippen molar-refractivity contribution in [1.29, 1.82) is 0 Å². The Labute approximate surface area is 118 Å². The minimum atomic E-state index is 0.443. The van der Waals surface area contributed by atoms with Crippen LogP contribution < -0.4 is 5.32 Å². The fraction of sp³-hybridized carbons (Fsp3) is 0.467. The van der Waals surface area contributed by atoms with Crippen LogP contribution in [0, 0.1) is 13.8 Å². The molecule has 0 radical (unpaired) electrons. The lowest BCUT2D eigenvalue weighted by Gasteiger charge is -2.10. The Morgan fingerprint density at radius 1 is 1.17 bits per heavy atom. The van der Waals surface area contributed by atoms with Crippen LogP contribution in [-0.4, -0.2) is 0 Å². The minimum absolute atomic E-state index is 0.443. The van der Waals surface area contributed by atoms with Crippen LogP contribution in [0.25, 0.3) is 0 Å². The molecule has 2 aromatic heterocycles. The quantitative estimate of drug-likeness (QED) is 0.826. The molecule has 2 aromatic rings. The topological polar surface area (TPSA) is 12.0 Å². The summed E-state index contributed by atoms with van der Waals surface area (Å²) in [4.78, 5) is 5.78. The number of thiophene rings is 2. The summed E-state index contributed by atoms with van der Waals surface area (Å²) in [6, 6.07) is 7.24. The first kappa shape index (κ1) is 13.8. The van der Waals surface area contributed by atoms with Crippen LogP contribution in [0.2, 0.25) is 0 Å². The van der Waals surface area contributed by atoms with E-state index >= 15 is 0 Å². The van der Waals surface area contributed by atoms with E-state index in [2.05, 4.69) is 51.2 Å². The van der Waals surface area contributed by atoms with Gasteiger partial charge in [-0.2, -0.15) is 0 Å². The highest BCUT2D eigenvalue weighted by molar-refractivity contribution is 7.12. The molecule has 2 heterocycles. The van der Waals surface area contributed by atoms with E-state index < -0.39 is 0 Å². The number of hydrogen-bond acceptors (Lipinski definition) is 3. The molecular weight excluding hydrogens is 258 g/mol. The van der Waals surface area contributed by atoms with Gasteiger partial charge >= 0.3 is 0 Å². The summed E-state index contributed by atoms with van der Waals surface area (Å²) in [5, 5.41) is 3.61. The van der Waals surface area contributed by atoms with E-state index in [0.717, 1.165) is 13.0 Å². The fourth-order valence-corrected chi connectivity index (χ4v) is 3.89. The third-order valence-corrected chi connectivity index (χ3v) is 5.82. The molecule has 3 heteroatoms. The maximum absolute atomic E-state index is 3.61. The van der Waals surface area contributed by atoms with Crippen molar-refractivity contribution in [3.63, 3.8) is 0 Å². The lowest BCUT2D eigenvalue weighted by atomic mass is 10.2. The van der Waals surface area contributed by atoms with Gasteiger partial charge in [0.25, 0.3) is 0 Å². The number of hydrogen-bond donors (Lipinski definition) is 1. The van der Waals surface area contributed by atoms with E-state index in [0.29, 0.717) is 6.04 Å². The number of nitrogens with one attached hydrogen (secondary N) is 1. The summed E-state index contributed by atoms with van der Waals surface area (Å²) in [6.07, 6.45) is 1.14. The Balaban J connectivity index is 1.93. The van der Waals surface area contributed by atoms with E-state index in [4.69, 9.17) is 0 Å². The van der Waals surface area contributed by atoms with Crippen molar-refractivity contribution in [2.75, 3.05) is 0 Å². The molecule has 0 aliphatic rings. The normalized spacial score (nSPS) is 12.9. The number of aryl methyl sites for hydroxylation is 3. The second-order valence-electron chi connectivity index (χ2n) is 4.71. The van der Waals surface area contributed by atoms with Crippen LogP contribution in [0.4, 0.5) is 0 Å². The second kappa shape index (κ2) is 6.00. The van der Waals surface area contributed by atoms with Crippen molar-refractivity contribution in [3.8, 4) is 0 Å². The van der Waals surface area contributed by atoms with Crippen molar-refractivity contribution < 1.29 is 0 Å². The van der Waals surface area contributed by atoms with Gasteiger partial charge in [0.1, 0.15) is 0 Å². The van der Waals surface area contributed by atoms with Crippen LogP contribution in [0.15, 0.2) is 18.2 Å². The highest BCUT2D eigenvalue weighted by Crippen LogP contribution is 2.25. The molecule has 0 bridgehead atoms. The maximum atomic E-state index is 3.61.